The highest BCUT2D eigenvalue weighted by atomic mass is 35.5. The van der Waals surface area contributed by atoms with Crippen LogP contribution in [0.15, 0.2) is 12.1 Å². The van der Waals surface area contributed by atoms with Gasteiger partial charge in [0.25, 0.3) is 5.69 Å². The second kappa shape index (κ2) is 5.59. The Kier molecular flexibility index (Phi) is 4.41. The van der Waals surface area contributed by atoms with Gasteiger partial charge in [0.05, 0.1) is 29.8 Å². The van der Waals surface area contributed by atoms with Crippen LogP contribution in [0.1, 0.15) is 0 Å². The van der Waals surface area contributed by atoms with Crippen LogP contribution in [0.5, 0.6) is 0 Å². The monoisotopic (exact) mass is 247 g/mol. The lowest BCUT2D eigenvalue weighted by molar-refractivity contribution is -0.384. The molecular formula is C8H10ClN3O4. The number of nitrogens with one attached hydrogen (secondary N) is 1. The SMILES string of the molecule is O=[N+]([O-])c1cc(Cl)nc(NCC(O)CO)c1. The largest absolute Gasteiger partial charge is 0.394 e. The predicted molar refractivity (Wildman–Crippen MR) is 57.5 cm³/mol. The second-order valence-electron chi connectivity index (χ2n) is 3.01. The second-order valence-corrected chi connectivity index (χ2v) is 3.39. The summed E-state index contributed by atoms with van der Waals surface area (Å²) in [7, 11) is 0. The number of rotatable bonds is 5. The number of aromatic nitrogens is 1. The lowest BCUT2D eigenvalue weighted by Gasteiger charge is -2.09. The van der Waals surface area contributed by atoms with Crippen molar-refractivity contribution in [2.24, 2.45) is 0 Å². The van der Waals surface area contributed by atoms with Gasteiger partial charge in [-0.25, -0.2) is 4.98 Å². The van der Waals surface area contributed by atoms with Gasteiger partial charge in [0.2, 0.25) is 0 Å². The Morgan fingerprint density at radius 2 is 2.31 bits per heavy atom. The van der Waals surface area contributed by atoms with E-state index < -0.39 is 17.6 Å². The molecule has 0 saturated carbocycles. The third-order valence-corrected chi connectivity index (χ3v) is 1.91. The van der Waals surface area contributed by atoms with Crippen LogP contribution in [0.25, 0.3) is 0 Å². The molecule has 1 heterocycles. The summed E-state index contributed by atoms with van der Waals surface area (Å²) < 4.78 is 0. The number of aliphatic hydroxyl groups is 2. The lowest BCUT2D eigenvalue weighted by atomic mass is 10.3. The Morgan fingerprint density at radius 3 is 2.88 bits per heavy atom. The van der Waals surface area contributed by atoms with Crippen LogP contribution in [0.3, 0.4) is 0 Å². The van der Waals surface area contributed by atoms with Gasteiger partial charge in [-0.2, -0.15) is 0 Å². The Hall–Kier alpha value is -1.44. The number of hydrogen-bond acceptors (Lipinski definition) is 6. The fourth-order valence-electron chi connectivity index (χ4n) is 0.966. The number of nitro groups is 1. The first kappa shape index (κ1) is 12.6. The van der Waals surface area contributed by atoms with Crippen LogP contribution >= 0.6 is 11.6 Å². The molecule has 1 unspecified atom stereocenters. The summed E-state index contributed by atoms with van der Waals surface area (Å²) in [5, 5.41) is 30.7. The van der Waals surface area contributed by atoms with E-state index in [-0.39, 0.29) is 23.2 Å². The molecular weight excluding hydrogens is 238 g/mol. The molecule has 0 bridgehead atoms. The zero-order valence-electron chi connectivity index (χ0n) is 8.13. The third-order valence-electron chi connectivity index (χ3n) is 1.72. The van der Waals surface area contributed by atoms with E-state index in [0.717, 1.165) is 6.07 Å². The van der Waals surface area contributed by atoms with Gasteiger partial charge < -0.3 is 15.5 Å². The van der Waals surface area contributed by atoms with Gasteiger partial charge in [-0.05, 0) is 0 Å². The highest BCUT2D eigenvalue weighted by Gasteiger charge is 2.10. The summed E-state index contributed by atoms with van der Waals surface area (Å²) in [5.41, 5.74) is -0.194. The normalized spacial score (nSPS) is 12.2. The number of nitrogens with zero attached hydrogens (tertiary/aromatic N) is 2. The van der Waals surface area contributed by atoms with Crippen LogP contribution in [-0.2, 0) is 0 Å². The maximum atomic E-state index is 10.5. The van der Waals surface area contributed by atoms with E-state index in [1.165, 1.54) is 6.07 Å². The molecule has 1 rings (SSSR count). The van der Waals surface area contributed by atoms with Gasteiger partial charge in [-0.15, -0.1) is 0 Å². The summed E-state index contributed by atoms with van der Waals surface area (Å²) in [6.45, 7) is -0.378. The topological polar surface area (TPSA) is 109 Å². The molecule has 1 aromatic rings. The summed E-state index contributed by atoms with van der Waals surface area (Å²) in [6, 6.07) is 2.31. The van der Waals surface area contributed by atoms with E-state index in [9.17, 15) is 10.1 Å². The molecule has 0 saturated heterocycles. The zero-order valence-corrected chi connectivity index (χ0v) is 8.89. The number of aliphatic hydroxyl groups excluding tert-OH is 2. The Balaban J connectivity index is 2.76. The molecule has 0 radical (unpaired) electrons. The van der Waals surface area contributed by atoms with Gasteiger partial charge in [-0.3, -0.25) is 10.1 Å². The van der Waals surface area contributed by atoms with E-state index in [1.807, 2.05) is 0 Å². The molecule has 0 spiro atoms. The standard InChI is InChI=1S/C8H10ClN3O4/c9-7-1-5(12(15)16)2-8(11-7)10-3-6(14)4-13/h1-2,6,13-14H,3-4H2,(H,10,11). The van der Waals surface area contributed by atoms with Crippen LogP contribution in [0.2, 0.25) is 5.15 Å². The molecule has 1 aromatic heterocycles. The molecule has 0 amide bonds. The highest BCUT2D eigenvalue weighted by Crippen LogP contribution is 2.20. The highest BCUT2D eigenvalue weighted by molar-refractivity contribution is 6.29. The van der Waals surface area contributed by atoms with Gasteiger partial charge in [0.1, 0.15) is 11.0 Å². The third kappa shape index (κ3) is 3.61. The minimum Gasteiger partial charge on any atom is -0.394 e. The molecule has 0 aliphatic heterocycles. The minimum absolute atomic E-state index is 0.0183. The van der Waals surface area contributed by atoms with E-state index in [4.69, 9.17) is 21.8 Å². The molecule has 0 fully saturated rings. The van der Waals surface area contributed by atoms with Gasteiger partial charge in [-0.1, -0.05) is 11.6 Å². The van der Waals surface area contributed by atoms with Crippen LogP contribution in [-0.4, -0.2) is 39.4 Å². The van der Waals surface area contributed by atoms with Crippen molar-refractivity contribution in [1.82, 2.24) is 4.98 Å². The van der Waals surface area contributed by atoms with E-state index in [2.05, 4.69) is 10.3 Å². The first-order chi connectivity index (χ1) is 7.52. The molecule has 8 heteroatoms. The first-order valence-electron chi connectivity index (χ1n) is 4.37. The molecule has 0 aliphatic rings. The molecule has 1 atom stereocenters. The fraction of sp³-hybridized carbons (Fsp3) is 0.375. The Morgan fingerprint density at radius 1 is 1.62 bits per heavy atom. The van der Waals surface area contributed by atoms with E-state index in [0.29, 0.717) is 0 Å². The first-order valence-corrected chi connectivity index (χ1v) is 4.75. The average molecular weight is 248 g/mol. The summed E-state index contributed by atoms with van der Waals surface area (Å²) in [5.74, 6) is 0.173. The number of pyridine rings is 1. The van der Waals surface area contributed by atoms with Crippen molar-refractivity contribution in [3.63, 3.8) is 0 Å². The summed E-state index contributed by atoms with van der Waals surface area (Å²) in [4.78, 5) is 13.7. The van der Waals surface area contributed by atoms with Gasteiger partial charge >= 0.3 is 0 Å². The molecule has 3 N–H and O–H groups in total. The molecule has 88 valence electrons. The average Bonchev–Trinajstić information content (AvgIpc) is 2.25. The van der Waals surface area contributed by atoms with Crippen molar-refractivity contribution in [3.8, 4) is 0 Å². The Labute approximate surface area is 95.8 Å². The van der Waals surface area contributed by atoms with Crippen molar-refractivity contribution < 1.29 is 15.1 Å². The summed E-state index contributed by atoms with van der Waals surface area (Å²) in [6.07, 6.45) is -0.958. The lowest BCUT2D eigenvalue weighted by Crippen LogP contribution is -2.23. The van der Waals surface area contributed by atoms with Crippen molar-refractivity contribution >= 4 is 23.1 Å². The fourth-order valence-corrected chi connectivity index (χ4v) is 1.17. The van der Waals surface area contributed by atoms with E-state index >= 15 is 0 Å². The van der Waals surface area contributed by atoms with Gasteiger partial charge in [0.15, 0.2) is 0 Å². The van der Waals surface area contributed by atoms with Crippen LogP contribution < -0.4 is 5.32 Å². The van der Waals surface area contributed by atoms with Crippen LogP contribution in [0, 0.1) is 10.1 Å². The minimum atomic E-state index is -0.958. The van der Waals surface area contributed by atoms with E-state index in [1.54, 1.807) is 0 Å². The number of halogens is 1. The van der Waals surface area contributed by atoms with Crippen molar-refractivity contribution in [2.75, 3.05) is 18.5 Å². The van der Waals surface area contributed by atoms with Crippen molar-refractivity contribution in [3.05, 3.63) is 27.4 Å². The van der Waals surface area contributed by atoms with Crippen LogP contribution in [0.4, 0.5) is 11.5 Å². The smallest absolute Gasteiger partial charge is 0.276 e. The number of hydrogen-bond donors (Lipinski definition) is 3. The van der Waals surface area contributed by atoms with Crippen molar-refractivity contribution in [1.29, 1.82) is 0 Å². The molecule has 16 heavy (non-hydrogen) atoms. The molecule has 7 nitrogen and oxygen atoms in total. The Bertz CT molecular complexity index is 388. The van der Waals surface area contributed by atoms with Crippen molar-refractivity contribution in [2.45, 2.75) is 6.10 Å². The quantitative estimate of drug-likeness (QED) is 0.395. The van der Waals surface area contributed by atoms with Gasteiger partial charge in [0, 0.05) is 6.54 Å². The molecule has 0 aliphatic carbocycles. The maximum absolute atomic E-state index is 10.5. The molecule has 0 aromatic carbocycles. The number of anilines is 1. The summed E-state index contributed by atoms with van der Waals surface area (Å²) >= 11 is 5.58. The maximum Gasteiger partial charge on any atom is 0.276 e. The zero-order chi connectivity index (χ0) is 12.1. The predicted octanol–water partition coefficient (Wildman–Crippen LogP) is 0.408.